The summed E-state index contributed by atoms with van der Waals surface area (Å²) in [5.41, 5.74) is 6.72. The Morgan fingerprint density at radius 1 is 1.12 bits per heavy atom. The van der Waals surface area contributed by atoms with E-state index in [1.54, 1.807) is 0 Å². The molecule has 0 fully saturated rings. The summed E-state index contributed by atoms with van der Waals surface area (Å²) in [6, 6.07) is 12.7. The molecule has 0 aliphatic carbocycles. The van der Waals surface area contributed by atoms with Crippen molar-refractivity contribution in [2.24, 2.45) is 7.05 Å². The zero-order valence-corrected chi connectivity index (χ0v) is 14.1. The lowest BCUT2D eigenvalue weighted by atomic mass is 10.2. The smallest absolute Gasteiger partial charge is 0.269 e. The number of amides is 2. The Hall–Kier alpha value is -2.87. The van der Waals surface area contributed by atoms with Gasteiger partial charge in [-0.05, 0) is 36.4 Å². The SMILES string of the molecule is Cn1c(SCC(=O)NNC(=O)c2ccc(F)cc2)nc2ccccc21. The standard InChI is InChI=1S/C17H15FN4O2S/c1-22-14-5-3-2-4-13(14)19-17(22)25-10-15(23)20-21-16(24)11-6-8-12(18)9-7-11/h2-9H,10H2,1H3,(H,20,23)(H,21,24). The van der Waals surface area contributed by atoms with Crippen LogP contribution >= 0.6 is 11.8 Å². The number of hydrogen-bond acceptors (Lipinski definition) is 4. The third-order valence-corrected chi connectivity index (χ3v) is 4.53. The van der Waals surface area contributed by atoms with Gasteiger partial charge in [-0.15, -0.1) is 0 Å². The number of carbonyl (C=O) groups is 2. The van der Waals surface area contributed by atoms with Crippen LogP contribution in [-0.4, -0.2) is 27.1 Å². The van der Waals surface area contributed by atoms with Gasteiger partial charge in [0.15, 0.2) is 5.16 Å². The lowest BCUT2D eigenvalue weighted by Crippen LogP contribution is -2.42. The molecule has 0 unspecified atom stereocenters. The number of aromatic nitrogens is 2. The molecular weight excluding hydrogens is 343 g/mol. The molecule has 2 amide bonds. The summed E-state index contributed by atoms with van der Waals surface area (Å²) < 4.78 is 14.7. The second-order valence-electron chi connectivity index (χ2n) is 5.24. The van der Waals surface area contributed by atoms with E-state index in [2.05, 4.69) is 15.8 Å². The molecule has 25 heavy (non-hydrogen) atoms. The molecule has 128 valence electrons. The number of nitrogens with one attached hydrogen (secondary N) is 2. The van der Waals surface area contributed by atoms with Gasteiger partial charge in [-0.1, -0.05) is 23.9 Å². The highest BCUT2D eigenvalue weighted by Crippen LogP contribution is 2.22. The lowest BCUT2D eigenvalue weighted by Gasteiger charge is -2.07. The second kappa shape index (κ2) is 7.35. The van der Waals surface area contributed by atoms with Crippen molar-refractivity contribution in [3.63, 3.8) is 0 Å². The van der Waals surface area contributed by atoms with Gasteiger partial charge in [-0.3, -0.25) is 20.4 Å². The van der Waals surface area contributed by atoms with Crippen molar-refractivity contribution in [1.29, 1.82) is 0 Å². The van der Waals surface area contributed by atoms with Crippen molar-refractivity contribution in [2.45, 2.75) is 5.16 Å². The van der Waals surface area contributed by atoms with Crippen LogP contribution in [0.1, 0.15) is 10.4 Å². The Morgan fingerprint density at radius 2 is 1.84 bits per heavy atom. The number of benzene rings is 2. The molecule has 6 nitrogen and oxygen atoms in total. The van der Waals surface area contributed by atoms with Crippen molar-refractivity contribution in [3.05, 3.63) is 59.9 Å². The van der Waals surface area contributed by atoms with Crippen LogP contribution in [0.3, 0.4) is 0 Å². The first-order valence-electron chi connectivity index (χ1n) is 7.43. The van der Waals surface area contributed by atoms with E-state index in [0.29, 0.717) is 5.16 Å². The van der Waals surface area contributed by atoms with Gasteiger partial charge in [-0.25, -0.2) is 9.37 Å². The fraction of sp³-hybridized carbons (Fsp3) is 0.118. The summed E-state index contributed by atoms with van der Waals surface area (Å²) in [7, 11) is 1.88. The number of fused-ring (bicyclic) bond motifs is 1. The Morgan fingerprint density at radius 3 is 2.56 bits per heavy atom. The van der Waals surface area contributed by atoms with E-state index in [-0.39, 0.29) is 17.2 Å². The highest BCUT2D eigenvalue weighted by molar-refractivity contribution is 7.99. The molecule has 0 atom stereocenters. The topological polar surface area (TPSA) is 76.0 Å². The number of imidazole rings is 1. The molecule has 0 bridgehead atoms. The fourth-order valence-corrected chi connectivity index (χ4v) is 3.01. The summed E-state index contributed by atoms with van der Waals surface area (Å²) in [5.74, 6) is -1.21. The zero-order valence-electron chi connectivity index (χ0n) is 13.3. The molecule has 1 heterocycles. The number of para-hydroxylation sites is 2. The van der Waals surface area contributed by atoms with E-state index in [1.165, 1.54) is 36.0 Å². The largest absolute Gasteiger partial charge is 0.322 e. The molecule has 0 aliphatic heterocycles. The summed E-state index contributed by atoms with van der Waals surface area (Å²) in [4.78, 5) is 28.2. The van der Waals surface area contributed by atoms with Crippen LogP contribution in [-0.2, 0) is 11.8 Å². The Balaban J connectivity index is 1.53. The second-order valence-corrected chi connectivity index (χ2v) is 6.18. The lowest BCUT2D eigenvalue weighted by molar-refractivity contribution is -0.119. The maximum atomic E-state index is 12.8. The van der Waals surface area contributed by atoms with Gasteiger partial charge in [0, 0.05) is 12.6 Å². The molecule has 1 aromatic heterocycles. The minimum absolute atomic E-state index is 0.0981. The molecule has 3 rings (SSSR count). The maximum absolute atomic E-state index is 12.8. The first-order chi connectivity index (χ1) is 12.0. The van der Waals surface area contributed by atoms with Gasteiger partial charge in [0.2, 0.25) is 5.91 Å². The van der Waals surface area contributed by atoms with Crippen molar-refractivity contribution in [1.82, 2.24) is 20.4 Å². The Kier molecular flexibility index (Phi) is 4.99. The molecule has 3 aromatic rings. The van der Waals surface area contributed by atoms with E-state index in [1.807, 2.05) is 35.9 Å². The summed E-state index contributed by atoms with van der Waals surface area (Å²) >= 11 is 1.27. The van der Waals surface area contributed by atoms with Crippen LogP contribution in [0.2, 0.25) is 0 Å². The van der Waals surface area contributed by atoms with Gasteiger partial charge in [0.05, 0.1) is 16.8 Å². The molecule has 0 radical (unpaired) electrons. The predicted octanol–water partition coefficient (Wildman–Crippen LogP) is 2.27. The van der Waals surface area contributed by atoms with Gasteiger partial charge >= 0.3 is 0 Å². The molecular formula is C17H15FN4O2S. The van der Waals surface area contributed by atoms with Crippen LogP contribution in [0.15, 0.2) is 53.7 Å². The van der Waals surface area contributed by atoms with Gasteiger partial charge in [0.1, 0.15) is 5.82 Å². The van der Waals surface area contributed by atoms with Crippen LogP contribution < -0.4 is 10.9 Å². The summed E-state index contributed by atoms with van der Waals surface area (Å²) in [5, 5.41) is 0.709. The average Bonchev–Trinajstić information content (AvgIpc) is 2.95. The summed E-state index contributed by atoms with van der Waals surface area (Å²) in [6.45, 7) is 0. The molecule has 2 aromatic carbocycles. The molecule has 8 heteroatoms. The van der Waals surface area contributed by atoms with Crippen molar-refractivity contribution >= 4 is 34.6 Å². The highest BCUT2D eigenvalue weighted by atomic mass is 32.2. The van der Waals surface area contributed by atoms with Crippen molar-refractivity contribution < 1.29 is 14.0 Å². The average molecular weight is 358 g/mol. The first-order valence-corrected chi connectivity index (χ1v) is 8.42. The third-order valence-electron chi connectivity index (χ3n) is 3.50. The van der Waals surface area contributed by atoms with Crippen molar-refractivity contribution in [3.8, 4) is 0 Å². The zero-order chi connectivity index (χ0) is 17.8. The molecule has 0 saturated carbocycles. The number of halogens is 1. The minimum Gasteiger partial charge on any atom is -0.322 e. The number of carbonyl (C=O) groups excluding carboxylic acids is 2. The van der Waals surface area contributed by atoms with E-state index in [9.17, 15) is 14.0 Å². The number of nitrogens with zero attached hydrogens (tertiary/aromatic N) is 2. The number of thioether (sulfide) groups is 1. The summed E-state index contributed by atoms with van der Waals surface area (Å²) in [6.07, 6.45) is 0. The van der Waals surface area contributed by atoms with E-state index >= 15 is 0 Å². The number of hydrazine groups is 1. The molecule has 0 spiro atoms. The fourth-order valence-electron chi connectivity index (χ4n) is 2.22. The van der Waals surface area contributed by atoms with Crippen molar-refractivity contribution in [2.75, 3.05) is 5.75 Å². The first kappa shape index (κ1) is 17.0. The van der Waals surface area contributed by atoms with Gasteiger partial charge in [0.25, 0.3) is 5.91 Å². The van der Waals surface area contributed by atoms with Crippen LogP contribution in [0, 0.1) is 5.82 Å². The van der Waals surface area contributed by atoms with Gasteiger partial charge < -0.3 is 4.57 Å². The number of hydrogen-bond donors (Lipinski definition) is 2. The van der Waals surface area contributed by atoms with Crippen LogP contribution in [0.25, 0.3) is 11.0 Å². The molecule has 2 N–H and O–H groups in total. The quantitative estimate of drug-likeness (QED) is 0.554. The monoisotopic (exact) mass is 358 g/mol. The van der Waals surface area contributed by atoms with Crippen LogP contribution in [0.4, 0.5) is 4.39 Å². The Bertz CT molecular complexity index is 924. The maximum Gasteiger partial charge on any atom is 0.269 e. The highest BCUT2D eigenvalue weighted by Gasteiger charge is 2.11. The van der Waals surface area contributed by atoms with E-state index in [4.69, 9.17) is 0 Å². The molecule has 0 saturated heterocycles. The normalized spacial score (nSPS) is 10.6. The predicted molar refractivity (Wildman–Crippen MR) is 93.4 cm³/mol. The third kappa shape index (κ3) is 3.97. The Labute approximate surface area is 147 Å². The number of rotatable bonds is 4. The number of aryl methyl sites for hydroxylation is 1. The van der Waals surface area contributed by atoms with Crippen LogP contribution in [0.5, 0.6) is 0 Å². The molecule has 0 aliphatic rings. The van der Waals surface area contributed by atoms with E-state index < -0.39 is 11.7 Å². The minimum atomic E-state index is -0.513. The van der Waals surface area contributed by atoms with E-state index in [0.717, 1.165) is 11.0 Å². The van der Waals surface area contributed by atoms with Gasteiger partial charge in [-0.2, -0.15) is 0 Å².